The first-order valence-corrected chi connectivity index (χ1v) is 8.26. The Balaban J connectivity index is 1.96. The number of Topliss-reactive ketones (excluding diaryl/α,β-unsaturated/α-hetero) is 1. The van der Waals surface area contributed by atoms with Gasteiger partial charge in [0, 0.05) is 11.3 Å². The van der Waals surface area contributed by atoms with E-state index in [1.807, 2.05) is 6.92 Å². The van der Waals surface area contributed by atoms with Gasteiger partial charge in [-0.05, 0) is 57.2 Å². The molecule has 1 atom stereocenters. The van der Waals surface area contributed by atoms with Gasteiger partial charge < -0.3 is 14.8 Å². The molecular formula is C20H21NO5. The van der Waals surface area contributed by atoms with Crippen molar-refractivity contribution in [3.05, 3.63) is 59.7 Å². The maximum absolute atomic E-state index is 12.2. The molecule has 2 aromatic rings. The van der Waals surface area contributed by atoms with Gasteiger partial charge in [-0.25, -0.2) is 4.79 Å². The van der Waals surface area contributed by atoms with Crippen molar-refractivity contribution in [3.8, 4) is 5.75 Å². The molecule has 0 aliphatic heterocycles. The normalized spacial score (nSPS) is 11.3. The number of ketones is 1. The van der Waals surface area contributed by atoms with Crippen molar-refractivity contribution in [1.29, 1.82) is 0 Å². The van der Waals surface area contributed by atoms with Crippen molar-refractivity contribution < 1.29 is 23.9 Å². The zero-order valence-electron chi connectivity index (χ0n) is 14.9. The van der Waals surface area contributed by atoms with Gasteiger partial charge in [-0.2, -0.15) is 0 Å². The van der Waals surface area contributed by atoms with Gasteiger partial charge in [0.2, 0.25) is 0 Å². The Hall–Kier alpha value is -3.15. The predicted octanol–water partition coefficient (Wildman–Crippen LogP) is 3.47. The Morgan fingerprint density at radius 1 is 1.04 bits per heavy atom. The smallest absolute Gasteiger partial charge is 0.338 e. The van der Waals surface area contributed by atoms with Crippen LogP contribution in [0.5, 0.6) is 5.75 Å². The lowest BCUT2D eigenvalue weighted by atomic mass is 10.1. The quantitative estimate of drug-likeness (QED) is 0.607. The second-order valence-corrected chi connectivity index (χ2v) is 5.63. The van der Waals surface area contributed by atoms with Crippen molar-refractivity contribution in [1.82, 2.24) is 0 Å². The summed E-state index contributed by atoms with van der Waals surface area (Å²) in [5.74, 6) is -0.533. The van der Waals surface area contributed by atoms with Gasteiger partial charge in [0.1, 0.15) is 5.75 Å². The minimum absolute atomic E-state index is 0.101. The Morgan fingerprint density at radius 3 is 2.35 bits per heavy atom. The van der Waals surface area contributed by atoms with Gasteiger partial charge >= 0.3 is 5.97 Å². The van der Waals surface area contributed by atoms with Crippen molar-refractivity contribution in [2.45, 2.75) is 26.9 Å². The molecule has 1 amide bonds. The van der Waals surface area contributed by atoms with Crippen LogP contribution in [0.15, 0.2) is 48.5 Å². The number of benzene rings is 2. The first-order chi connectivity index (χ1) is 12.4. The number of hydrogen-bond donors (Lipinski definition) is 1. The standard InChI is InChI=1S/C20H21NO5/c1-4-25-18-10-8-15(9-11-18)20(24)26-14(3)19(23)21-17-7-5-6-16(12-17)13(2)22/h5-12,14H,4H2,1-3H3,(H,21,23). The summed E-state index contributed by atoms with van der Waals surface area (Å²) in [6.07, 6.45) is -0.991. The van der Waals surface area contributed by atoms with E-state index in [1.54, 1.807) is 48.5 Å². The Morgan fingerprint density at radius 2 is 1.73 bits per heavy atom. The number of hydrogen-bond acceptors (Lipinski definition) is 5. The van der Waals surface area contributed by atoms with E-state index in [9.17, 15) is 14.4 Å². The third-order valence-corrected chi connectivity index (χ3v) is 3.59. The number of amides is 1. The van der Waals surface area contributed by atoms with E-state index in [0.717, 1.165) is 0 Å². The van der Waals surface area contributed by atoms with Crippen LogP contribution in [-0.2, 0) is 9.53 Å². The van der Waals surface area contributed by atoms with Gasteiger partial charge in [0.15, 0.2) is 11.9 Å². The molecule has 0 aromatic heterocycles. The van der Waals surface area contributed by atoms with Gasteiger partial charge in [0.25, 0.3) is 5.91 Å². The van der Waals surface area contributed by atoms with Crippen molar-refractivity contribution in [2.75, 3.05) is 11.9 Å². The lowest BCUT2D eigenvalue weighted by Crippen LogP contribution is -2.30. The fourth-order valence-electron chi connectivity index (χ4n) is 2.20. The average Bonchev–Trinajstić information content (AvgIpc) is 2.62. The average molecular weight is 355 g/mol. The van der Waals surface area contributed by atoms with Gasteiger partial charge in [-0.1, -0.05) is 12.1 Å². The summed E-state index contributed by atoms with van der Waals surface area (Å²) >= 11 is 0. The molecule has 1 N–H and O–H groups in total. The predicted molar refractivity (Wildman–Crippen MR) is 97.6 cm³/mol. The van der Waals surface area contributed by atoms with Crippen LogP contribution in [0.3, 0.4) is 0 Å². The molecule has 1 unspecified atom stereocenters. The van der Waals surface area contributed by atoms with Gasteiger partial charge in [-0.3, -0.25) is 9.59 Å². The third-order valence-electron chi connectivity index (χ3n) is 3.59. The monoisotopic (exact) mass is 355 g/mol. The summed E-state index contributed by atoms with van der Waals surface area (Å²) in [6.45, 7) is 5.33. The SMILES string of the molecule is CCOc1ccc(C(=O)OC(C)C(=O)Nc2cccc(C(C)=O)c2)cc1. The lowest BCUT2D eigenvalue weighted by molar-refractivity contribution is -0.123. The molecule has 136 valence electrons. The minimum atomic E-state index is -0.991. The molecule has 0 heterocycles. The summed E-state index contributed by atoms with van der Waals surface area (Å²) < 4.78 is 10.5. The second-order valence-electron chi connectivity index (χ2n) is 5.63. The molecule has 0 bridgehead atoms. The number of ether oxygens (including phenoxy) is 2. The van der Waals surface area contributed by atoms with Crippen LogP contribution in [0.1, 0.15) is 41.5 Å². The summed E-state index contributed by atoms with van der Waals surface area (Å²) in [5.41, 5.74) is 1.28. The van der Waals surface area contributed by atoms with Crippen molar-refractivity contribution >= 4 is 23.3 Å². The fraction of sp³-hybridized carbons (Fsp3) is 0.250. The molecule has 6 nitrogen and oxygen atoms in total. The number of carbonyl (C=O) groups excluding carboxylic acids is 3. The summed E-state index contributed by atoms with van der Waals surface area (Å²) in [7, 11) is 0. The molecule has 0 saturated carbocycles. The molecule has 0 saturated heterocycles. The van der Waals surface area contributed by atoms with Crippen LogP contribution in [0, 0.1) is 0 Å². The zero-order chi connectivity index (χ0) is 19.1. The minimum Gasteiger partial charge on any atom is -0.494 e. The van der Waals surface area contributed by atoms with E-state index >= 15 is 0 Å². The molecule has 26 heavy (non-hydrogen) atoms. The van der Waals surface area contributed by atoms with E-state index in [1.165, 1.54) is 13.8 Å². The number of anilines is 1. The van der Waals surface area contributed by atoms with Crippen LogP contribution in [0.25, 0.3) is 0 Å². The maximum Gasteiger partial charge on any atom is 0.338 e. The number of rotatable bonds is 7. The molecule has 0 aliphatic carbocycles. The Kier molecular flexibility index (Phi) is 6.49. The van der Waals surface area contributed by atoms with Crippen LogP contribution in [-0.4, -0.2) is 30.4 Å². The molecule has 0 fully saturated rings. The lowest BCUT2D eigenvalue weighted by Gasteiger charge is -2.14. The van der Waals surface area contributed by atoms with Gasteiger partial charge in [0.05, 0.1) is 12.2 Å². The first-order valence-electron chi connectivity index (χ1n) is 8.26. The number of nitrogens with one attached hydrogen (secondary N) is 1. The maximum atomic E-state index is 12.2. The highest BCUT2D eigenvalue weighted by atomic mass is 16.5. The highest BCUT2D eigenvalue weighted by molar-refractivity contribution is 5.99. The number of esters is 1. The van der Waals surface area contributed by atoms with E-state index in [0.29, 0.717) is 29.2 Å². The summed E-state index contributed by atoms with van der Waals surface area (Å²) in [5, 5.41) is 2.63. The molecular weight excluding hydrogens is 334 g/mol. The van der Waals surface area contributed by atoms with E-state index < -0.39 is 18.0 Å². The molecule has 0 aliphatic rings. The second kappa shape index (κ2) is 8.80. The van der Waals surface area contributed by atoms with Crippen LogP contribution >= 0.6 is 0 Å². The molecule has 2 aromatic carbocycles. The third kappa shape index (κ3) is 5.17. The van der Waals surface area contributed by atoms with Crippen molar-refractivity contribution in [2.24, 2.45) is 0 Å². The zero-order valence-corrected chi connectivity index (χ0v) is 14.9. The van der Waals surface area contributed by atoms with Crippen LogP contribution < -0.4 is 10.1 Å². The fourth-order valence-corrected chi connectivity index (χ4v) is 2.20. The number of carbonyl (C=O) groups is 3. The summed E-state index contributed by atoms with van der Waals surface area (Å²) in [4.78, 5) is 35.7. The van der Waals surface area contributed by atoms with Gasteiger partial charge in [-0.15, -0.1) is 0 Å². The van der Waals surface area contributed by atoms with Crippen LogP contribution in [0.2, 0.25) is 0 Å². The topological polar surface area (TPSA) is 81.7 Å². The molecule has 6 heteroatoms. The highest BCUT2D eigenvalue weighted by Gasteiger charge is 2.19. The highest BCUT2D eigenvalue weighted by Crippen LogP contribution is 2.15. The van der Waals surface area contributed by atoms with E-state index in [-0.39, 0.29) is 5.78 Å². The Labute approximate surface area is 152 Å². The largest absolute Gasteiger partial charge is 0.494 e. The molecule has 0 radical (unpaired) electrons. The van der Waals surface area contributed by atoms with Crippen LogP contribution in [0.4, 0.5) is 5.69 Å². The molecule has 0 spiro atoms. The summed E-state index contributed by atoms with van der Waals surface area (Å²) in [6, 6.07) is 13.0. The first kappa shape index (κ1) is 19.2. The molecule has 2 rings (SSSR count). The Bertz CT molecular complexity index is 798. The van der Waals surface area contributed by atoms with E-state index in [2.05, 4.69) is 5.32 Å². The van der Waals surface area contributed by atoms with E-state index in [4.69, 9.17) is 9.47 Å². The van der Waals surface area contributed by atoms with Crippen molar-refractivity contribution in [3.63, 3.8) is 0 Å².